The lowest BCUT2D eigenvalue weighted by atomic mass is 10.2. The van der Waals surface area contributed by atoms with Crippen molar-refractivity contribution in [2.75, 3.05) is 18.9 Å². The van der Waals surface area contributed by atoms with Gasteiger partial charge in [0.25, 0.3) is 0 Å². The Morgan fingerprint density at radius 1 is 1.25 bits per heavy atom. The van der Waals surface area contributed by atoms with Gasteiger partial charge in [-0.3, -0.25) is 4.79 Å². The number of carbonyl (C=O) groups excluding carboxylic acids is 1. The number of hydrogen-bond donors (Lipinski definition) is 2. The molecule has 1 aromatic heterocycles. The van der Waals surface area contributed by atoms with E-state index in [1.165, 1.54) is 6.07 Å². The first-order chi connectivity index (χ1) is 9.19. The molecule has 0 bridgehead atoms. The van der Waals surface area contributed by atoms with Crippen LogP contribution in [0.2, 0.25) is 0 Å². The molecule has 1 heterocycles. The van der Waals surface area contributed by atoms with Crippen LogP contribution >= 0.6 is 12.4 Å². The molecule has 0 aliphatic heterocycles. The van der Waals surface area contributed by atoms with Gasteiger partial charge in [-0.1, -0.05) is 0 Å². The van der Waals surface area contributed by atoms with Crippen LogP contribution < -0.4 is 16.3 Å². The monoisotopic (exact) mass is 296 g/mol. The van der Waals surface area contributed by atoms with Gasteiger partial charge in [-0.2, -0.15) is 0 Å². The highest BCUT2D eigenvalue weighted by Gasteiger charge is 2.03. The smallest absolute Gasteiger partial charge is 0.336 e. The molecule has 0 saturated carbocycles. The summed E-state index contributed by atoms with van der Waals surface area (Å²) in [4.78, 5) is 22.7. The van der Waals surface area contributed by atoms with Crippen LogP contribution in [0, 0.1) is 0 Å². The molecule has 6 heteroatoms. The van der Waals surface area contributed by atoms with Crippen LogP contribution in [0.5, 0.6) is 0 Å². The van der Waals surface area contributed by atoms with Crippen molar-refractivity contribution in [2.45, 2.75) is 12.8 Å². The molecule has 5 nitrogen and oxygen atoms in total. The van der Waals surface area contributed by atoms with Gasteiger partial charge in [0.2, 0.25) is 5.91 Å². The summed E-state index contributed by atoms with van der Waals surface area (Å²) in [7, 11) is 1.86. The molecule has 0 saturated heterocycles. The molecule has 108 valence electrons. The lowest BCUT2D eigenvalue weighted by Gasteiger charge is -2.06. The highest BCUT2D eigenvalue weighted by Crippen LogP contribution is 2.17. The number of anilines is 1. The van der Waals surface area contributed by atoms with Crippen molar-refractivity contribution in [3.63, 3.8) is 0 Å². The molecule has 2 rings (SSSR count). The molecular weight excluding hydrogens is 280 g/mol. The Labute approximate surface area is 122 Å². The van der Waals surface area contributed by atoms with Gasteiger partial charge in [0.05, 0.1) is 0 Å². The largest absolute Gasteiger partial charge is 0.423 e. The number of halogens is 1. The van der Waals surface area contributed by atoms with Crippen LogP contribution in [0.15, 0.2) is 39.5 Å². The van der Waals surface area contributed by atoms with Crippen molar-refractivity contribution >= 4 is 35.0 Å². The SMILES string of the molecule is CNCCCC(=O)Nc1ccc2oc(=O)ccc2c1.Cl. The fourth-order valence-corrected chi connectivity index (χ4v) is 1.80. The van der Waals surface area contributed by atoms with Crippen molar-refractivity contribution < 1.29 is 9.21 Å². The molecule has 2 N–H and O–H groups in total. The molecule has 0 radical (unpaired) electrons. The summed E-state index contributed by atoms with van der Waals surface area (Å²) < 4.78 is 5.02. The van der Waals surface area contributed by atoms with E-state index >= 15 is 0 Å². The molecule has 0 fully saturated rings. The Bertz CT molecular complexity index is 640. The normalized spacial score (nSPS) is 10.1. The van der Waals surface area contributed by atoms with Crippen LogP contribution in [0.25, 0.3) is 11.0 Å². The van der Waals surface area contributed by atoms with Crippen LogP contribution in [0.3, 0.4) is 0 Å². The Hall–Kier alpha value is -1.85. The molecule has 20 heavy (non-hydrogen) atoms. The molecule has 1 amide bonds. The fourth-order valence-electron chi connectivity index (χ4n) is 1.80. The average Bonchev–Trinajstić information content (AvgIpc) is 2.39. The number of amides is 1. The summed E-state index contributed by atoms with van der Waals surface area (Å²) >= 11 is 0. The molecule has 0 aliphatic carbocycles. The van der Waals surface area contributed by atoms with E-state index in [-0.39, 0.29) is 23.9 Å². The highest BCUT2D eigenvalue weighted by molar-refractivity contribution is 5.93. The molecular formula is C14H17ClN2O3. The molecule has 1 aromatic carbocycles. The predicted molar refractivity (Wildman–Crippen MR) is 81.5 cm³/mol. The third kappa shape index (κ3) is 4.36. The third-order valence-electron chi connectivity index (χ3n) is 2.73. The van der Waals surface area contributed by atoms with Crippen molar-refractivity contribution in [3.05, 3.63) is 40.8 Å². The van der Waals surface area contributed by atoms with Gasteiger partial charge in [0.15, 0.2) is 0 Å². The summed E-state index contributed by atoms with van der Waals surface area (Å²) in [6.07, 6.45) is 1.27. The van der Waals surface area contributed by atoms with E-state index in [0.717, 1.165) is 18.4 Å². The third-order valence-corrected chi connectivity index (χ3v) is 2.73. The first-order valence-electron chi connectivity index (χ1n) is 6.17. The van der Waals surface area contributed by atoms with Crippen molar-refractivity contribution in [1.29, 1.82) is 0 Å². The van der Waals surface area contributed by atoms with Gasteiger partial charge in [-0.05, 0) is 44.3 Å². The lowest BCUT2D eigenvalue weighted by Crippen LogP contribution is -2.15. The molecule has 2 aromatic rings. The second-order valence-electron chi connectivity index (χ2n) is 4.26. The van der Waals surface area contributed by atoms with E-state index in [0.29, 0.717) is 17.7 Å². The van der Waals surface area contributed by atoms with Crippen LogP contribution in [-0.4, -0.2) is 19.5 Å². The summed E-state index contributed by atoms with van der Waals surface area (Å²) in [5.74, 6) is -0.0213. The minimum Gasteiger partial charge on any atom is -0.423 e. The number of nitrogens with one attached hydrogen (secondary N) is 2. The minimum absolute atomic E-state index is 0. The highest BCUT2D eigenvalue weighted by atomic mass is 35.5. The Morgan fingerprint density at radius 3 is 2.80 bits per heavy atom. The van der Waals surface area contributed by atoms with Gasteiger partial charge in [-0.25, -0.2) is 4.79 Å². The summed E-state index contributed by atoms with van der Waals surface area (Å²) in [6, 6.07) is 8.23. The summed E-state index contributed by atoms with van der Waals surface area (Å²) in [5.41, 5.74) is 0.841. The van der Waals surface area contributed by atoms with Crippen molar-refractivity contribution in [3.8, 4) is 0 Å². The molecule has 0 atom stereocenters. The second kappa shape index (κ2) is 7.67. The fraction of sp³-hybridized carbons (Fsp3) is 0.286. The van der Waals surface area contributed by atoms with E-state index < -0.39 is 0 Å². The number of hydrogen-bond acceptors (Lipinski definition) is 4. The van der Waals surface area contributed by atoms with Crippen LogP contribution in [0.4, 0.5) is 5.69 Å². The van der Waals surface area contributed by atoms with Gasteiger partial charge >= 0.3 is 5.63 Å². The molecule has 0 unspecified atom stereocenters. The molecule has 0 spiro atoms. The maximum Gasteiger partial charge on any atom is 0.336 e. The Kier molecular flexibility index (Phi) is 6.21. The van der Waals surface area contributed by atoms with E-state index in [4.69, 9.17) is 4.42 Å². The van der Waals surface area contributed by atoms with Crippen LogP contribution in [0.1, 0.15) is 12.8 Å². The van der Waals surface area contributed by atoms with Crippen molar-refractivity contribution in [2.24, 2.45) is 0 Å². The Morgan fingerprint density at radius 2 is 2.05 bits per heavy atom. The topological polar surface area (TPSA) is 71.3 Å². The van der Waals surface area contributed by atoms with E-state index in [1.807, 2.05) is 7.05 Å². The minimum atomic E-state index is -0.378. The number of benzene rings is 1. The standard InChI is InChI=1S/C14H16N2O3.ClH/c1-15-8-2-3-13(17)16-11-5-6-12-10(9-11)4-7-14(18)19-12;/h4-7,9,15H,2-3,8H2,1H3,(H,16,17);1H. The first-order valence-corrected chi connectivity index (χ1v) is 6.17. The van der Waals surface area contributed by atoms with E-state index in [2.05, 4.69) is 10.6 Å². The van der Waals surface area contributed by atoms with Crippen LogP contribution in [-0.2, 0) is 4.79 Å². The maximum atomic E-state index is 11.7. The van der Waals surface area contributed by atoms with Gasteiger partial charge < -0.3 is 15.1 Å². The summed E-state index contributed by atoms with van der Waals surface area (Å²) in [5, 5.41) is 6.60. The van der Waals surface area contributed by atoms with E-state index in [1.54, 1.807) is 24.3 Å². The number of carbonyl (C=O) groups is 1. The molecule has 0 aliphatic rings. The predicted octanol–water partition coefficient (Wildman–Crippen LogP) is 2.15. The van der Waals surface area contributed by atoms with Gasteiger partial charge in [0.1, 0.15) is 5.58 Å². The zero-order chi connectivity index (χ0) is 13.7. The van der Waals surface area contributed by atoms with Gasteiger partial charge in [0, 0.05) is 23.6 Å². The summed E-state index contributed by atoms with van der Waals surface area (Å²) in [6.45, 7) is 0.816. The zero-order valence-corrected chi connectivity index (χ0v) is 12.0. The number of fused-ring (bicyclic) bond motifs is 1. The maximum absolute atomic E-state index is 11.7. The zero-order valence-electron chi connectivity index (χ0n) is 11.1. The quantitative estimate of drug-likeness (QED) is 0.655. The van der Waals surface area contributed by atoms with Gasteiger partial charge in [-0.15, -0.1) is 12.4 Å². The first kappa shape index (κ1) is 16.2. The van der Waals surface area contributed by atoms with E-state index in [9.17, 15) is 9.59 Å². The van der Waals surface area contributed by atoms with Crippen molar-refractivity contribution in [1.82, 2.24) is 5.32 Å². The second-order valence-corrected chi connectivity index (χ2v) is 4.26. The average molecular weight is 297 g/mol. The Balaban J connectivity index is 0.00000200. The lowest BCUT2D eigenvalue weighted by molar-refractivity contribution is -0.116. The number of rotatable bonds is 5.